The highest BCUT2D eigenvalue weighted by Crippen LogP contribution is 2.13. The SMILES string of the molecule is Cc1cn(CC(C)O)nc1[N+](=O)[O-]. The monoisotopic (exact) mass is 185 g/mol. The largest absolute Gasteiger partial charge is 0.392 e. The maximum atomic E-state index is 10.4. The van der Waals surface area contributed by atoms with E-state index in [0.29, 0.717) is 5.56 Å². The summed E-state index contributed by atoms with van der Waals surface area (Å²) in [6, 6.07) is 0. The number of aromatic nitrogens is 2. The van der Waals surface area contributed by atoms with E-state index in [1.54, 1.807) is 20.0 Å². The molecule has 0 aliphatic carbocycles. The second-order valence-electron chi connectivity index (χ2n) is 2.96. The lowest BCUT2D eigenvalue weighted by Gasteiger charge is -1.98. The van der Waals surface area contributed by atoms with Crippen molar-refractivity contribution in [2.75, 3.05) is 0 Å². The Hall–Kier alpha value is -1.43. The van der Waals surface area contributed by atoms with Crippen molar-refractivity contribution in [2.24, 2.45) is 0 Å². The molecule has 0 aliphatic heterocycles. The maximum Gasteiger partial charge on any atom is 0.392 e. The Morgan fingerprint density at radius 2 is 2.46 bits per heavy atom. The van der Waals surface area contributed by atoms with Crippen LogP contribution >= 0.6 is 0 Å². The van der Waals surface area contributed by atoms with Crippen LogP contribution in [0.1, 0.15) is 12.5 Å². The first-order valence-electron chi connectivity index (χ1n) is 3.87. The molecule has 0 aliphatic rings. The summed E-state index contributed by atoms with van der Waals surface area (Å²) >= 11 is 0. The second-order valence-corrected chi connectivity index (χ2v) is 2.96. The van der Waals surface area contributed by atoms with Gasteiger partial charge in [-0.3, -0.25) is 0 Å². The van der Waals surface area contributed by atoms with Gasteiger partial charge in [-0.25, -0.2) is 0 Å². The van der Waals surface area contributed by atoms with Gasteiger partial charge in [-0.1, -0.05) is 0 Å². The van der Waals surface area contributed by atoms with Crippen LogP contribution in [0.4, 0.5) is 5.82 Å². The van der Waals surface area contributed by atoms with Crippen molar-refractivity contribution in [3.63, 3.8) is 0 Å². The summed E-state index contributed by atoms with van der Waals surface area (Å²) in [5.74, 6) is -0.152. The first-order valence-corrected chi connectivity index (χ1v) is 3.87. The lowest BCUT2D eigenvalue weighted by molar-refractivity contribution is -0.390. The summed E-state index contributed by atoms with van der Waals surface area (Å²) in [5.41, 5.74) is 0.505. The number of hydrogen-bond acceptors (Lipinski definition) is 4. The normalized spacial score (nSPS) is 12.8. The molecule has 72 valence electrons. The van der Waals surface area contributed by atoms with E-state index in [1.165, 1.54) is 4.68 Å². The van der Waals surface area contributed by atoms with Gasteiger partial charge in [-0.05, 0) is 18.8 Å². The fourth-order valence-corrected chi connectivity index (χ4v) is 1.06. The van der Waals surface area contributed by atoms with Crippen LogP contribution in [-0.2, 0) is 6.54 Å². The molecule has 1 heterocycles. The smallest absolute Gasteiger partial charge is 0.391 e. The van der Waals surface area contributed by atoms with Crippen molar-refractivity contribution in [1.82, 2.24) is 9.78 Å². The van der Waals surface area contributed by atoms with E-state index in [0.717, 1.165) is 0 Å². The fourth-order valence-electron chi connectivity index (χ4n) is 1.06. The summed E-state index contributed by atoms with van der Waals surface area (Å²) in [5, 5.41) is 23.1. The van der Waals surface area contributed by atoms with Crippen LogP contribution in [0.15, 0.2) is 6.20 Å². The molecule has 6 nitrogen and oxygen atoms in total. The molecule has 0 aromatic carbocycles. The minimum absolute atomic E-state index is 0.152. The molecule has 13 heavy (non-hydrogen) atoms. The van der Waals surface area contributed by atoms with Crippen molar-refractivity contribution in [2.45, 2.75) is 26.5 Å². The molecule has 1 rings (SSSR count). The van der Waals surface area contributed by atoms with Gasteiger partial charge in [-0.2, -0.15) is 4.68 Å². The molecule has 1 N–H and O–H groups in total. The van der Waals surface area contributed by atoms with E-state index >= 15 is 0 Å². The number of nitrogens with zero attached hydrogens (tertiary/aromatic N) is 3. The topological polar surface area (TPSA) is 81.2 Å². The minimum atomic E-state index is -0.557. The lowest BCUT2D eigenvalue weighted by atomic mass is 10.4. The number of aliphatic hydroxyl groups excluding tert-OH is 1. The van der Waals surface area contributed by atoms with Crippen LogP contribution < -0.4 is 0 Å². The number of rotatable bonds is 3. The van der Waals surface area contributed by atoms with Gasteiger partial charge in [-0.15, -0.1) is 0 Å². The second kappa shape index (κ2) is 3.53. The van der Waals surface area contributed by atoms with Crippen molar-refractivity contribution in [3.8, 4) is 0 Å². The molecule has 6 heteroatoms. The molecule has 0 saturated carbocycles. The molecule has 0 amide bonds. The molecule has 1 unspecified atom stereocenters. The Balaban J connectivity index is 2.89. The van der Waals surface area contributed by atoms with Crippen LogP contribution in [0, 0.1) is 17.0 Å². The fraction of sp³-hybridized carbons (Fsp3) is 0.571. The molecule has 0 spiro atoms. The lowest BCUT2D eigenvalue weighted by Crippen LogP contribution is -2.12. The van der Waals surface area contributed by atoms with E-state index in [1.807, 2.05) is 0 Å². The first-order chi connectivity index (χ1) is 6.00. The van der Waals surface area contributed by atoms with Crippen molar-refractivity contribution in [3.05, 3.63) is 21.9 Å². The Morgan fingerprint density at radius 1 is 1.85 bits per heavy atom. The number of nitro groups is 1. The zero-order valence-electron chi connectivity index (χ0n) is 7.47. The van der Waals surface area contributed by atoms with Gasteiger partial charge in [0.15, 0.2) is 0 Å². The van der Waals surface area contributed by atoms with Crippen LogP contribution in [0.2, 0.25) is 0 Å². The van der Waals surface area contributed by atoms with Crippen molar-refractivity contribution in [1.29, 1.82) is 0 Å². The Kier molecular flexibility index (Phi) is 2.62. The van der Waals surface area contributed by atoms with Crippen LogP contribution in [-0.4, -0.2) is 25.9 Å². The van der Waals surface area contributed by atoms with E-state index in [-0.39, 0.29) is 12.4 Å². The average molecular weight is 185 g/mol. The molecule has 1 atom stereocenters. The predicted octanol–water partition coefficient (Wildman–Crippen LogP) is 0.481. The Morgan fingerprint density at radius 3 is 2.85 bits per heavy atom. The zero-order chi connectivity index (χ0) is 10.0. The number of aliphatic hydroxyl groups is 1. The number of hydrogen-bond donors (Lipinski definition) is 1. The third-order valence-corrected chi connectivity index (χ3v) is 1.54. The Bertz CT molecular complexity index is 319. The highest BCUT2D eigenvalue weighted by atomic mass is 16.6. The average Bonchev–Trinajstić information content (AvgIpc) is 2.29. The van der Waals surface area contributed by atoms with Gasteiger partial charge in [0, 0.05) is 0 Å². The molecule has 1 aromatic heterocycles. The minimum Gasteiger partial charge on any atom is -0.391 e. The summed E-state index contributed by atoms with van der Waals surface area (Å²) in [6.45, 7) is 3.49. The summed E-state index contributed by atoms with van der Waals surface area (Å²) in [4.78, 5) is 9.85. The van der Waals surface area contributed by atoms with Crippen LogP contribution in [0.3, 0.4) is 0 Å². The first kappa shape index (κ1) is 9.66. The summed E-state index contributed by atoms with van der Waals surface area (Å²) in [6.07, 6.45) is 0.990. The van der Waals surface area contributed by atoms with Gasteiger partial charge in [0.25, 0.3) is 0 Å². The van der Waals surface area contributed by atoms with Crippen LogP contribution in [0.25, 0.3) is 0 Å². The third-order valence-electron chi connectivity index (χ3n) is 1.54. The van der Waals surface area contributed by atoms with Crippen molar-refractivity contribution >= 4 is 5.82 Å². The molecular formula is C7H11N3O3. The maximum absolute atomic E-state index is 10.4. The predicted molar refractivity (Wildman–Crippen MR) is 45.3 cm³/mol. The highest BCUT2D eigenvalue weighted by Gasteiger charge is 2.17. The molecule has 0 bridgehead atoms. The quantitative estimate of drug-likeness (QED) is 0.548. The van der Waals surface area contributed by atoms with Gasteiger partial charge in [0.1, 0.15) is 0 Å². The van der Waals surface area contributed by atoms with Gasteiger partial charge >= 0.3 is 5.82 Å². The standard InChI is InChI=1S/C7H11N3O3/c1-5-3-9(4-6(2)11)8-7(5)10(12)13/h3,6,11H,4H2,1-2H3. The van der Waals surface area contributed by atoms with Gasteiger partial charge < -0.3 is 15.2 Å². The molecule has 1 aromatic rings. The van der Waals surface area contributed by atoms with Gasteiger partial charge in [0.05, 0.1) is 29.5 Å². The van der Waals surface area contributed by atoms with E-state index in [2.05, 4.69) is 5.10 Å². The molecule has 0 fully saturated rings. The van der Waals surface area contributed by atoms with E-state index < -0.39 is 11.0 Å². The summed E-state index contributed by atoms with van der Waals surface area (Å²) < 4.78 is 1.37. The summed E-state index contributed by atoms with van der Waals surface area (Å²) in [7, 11) is 0. The van der Waals surface area contributed by atoms with Crippen LogP contribution in [0.5, 0.6) is 0 Å². The zero-order valence-corrected chi connectivity index (χ0v) is 7.47. The third kappa shape index (κ3) is 2.25. The van der Waals surface area contributed by atoms with E-state index in [4.69, 9.17) is 5.11 Å². The molecular weight excluding hydrogens is 174 g/mol. The number of aryl methyl sites for hydroxylation is 1. The Labute approximate surface area is 74.9 Å². The highest BCUT2D eigenvalue weighted by molar-refractivity contribution is 5.27. The van der Waals surface area contributed by atoms with Gasteiger partial charge in [0.2, 0.25) is 0 Å². The molecule has 0 radical (unpaired) electrons. The molecule has 0 saturated heterocycles. The van der Waals surface area contributed by atoms with Crippen molar-refractivity contribution < 1.29 is 10.0 Å². The van der Waals surface area contributed by atoms with E-state index in [9.17, 15) is 10.1 Å².